The van der Waals surface area contributed by atoms with Crippen molar-refractivity contribution in [2.24, 2.45) is 0 Å². The van der Waals surface area contributed by atoms with Crippen molar-refractivity contribution >= 4 is 5.78 Å². The third kappa shape index (κ3) is 5.08. The van der Waals surface area contributed by atoms with Gasteiger partial charge in [0.15, 0.2) is 0 Å². The van der Waals surface area contributed by atoms with E-state index >= 15 is 0 Å². The van der Waals surface area contributed by atoms with Gasteiger partial charge in [-0.2, -0.15) is 0 Å². The Balaban J connectivity index is 0.00000106. The Kier molecular flexibility index (Phi) is 7.60. The Morgan fingerprint density at radius 3 is 2.25 bits per heavy atom. The van der Waals surface area contributed by atoms with Crippen LogP contribution in [0.5, 0.6) is 0 Å². The fourth-order valence-corrected chi connectivity index (χ4v) is 2.27. The van der Waals surface area contributed by atoms with Crippen molar-refractivity contribution in [2.45, 2.75) is 53.6 Å². The second-order valence-electron chi connectivity index (χ2n) is 4.62. The van der Waals surface area contributed by atoms with E-state index < -0.39 is 0 Å². The Morgan fingerprint density at radius 2 is 1.88 bits per heavy atom. The smallest absolute Gasteiger partial charge is 0.143 e. The van der Waals surface area contributed by atoms with Crippen molar-refractivity contribution in [3.05, 3.63) is 0 Å². The highest BCUT2D eigenvalue weighted by molar-refractivity contribution is 5.77. The third-order valence-electron chi connectivity index (χ3n) is 2.87. The molecule has 1 saturated heterocycles. The molecule has 1 atom stereocenters. The molecule has 16 heavy (non-hydrogen) atoms. The zero-order valence-corrected chi connectivity index (χ0v) is 11.8. The van der Waals surface area contributed by atoms with Crippen LogP contribution in [0.1, 0.15) is 41.5 Å². The normalized spacial score (nSPS) is 22.8. The lowest BCUT2D eigenvalue weighted by atomic mass is 10.1. The third-order valence-corrected chi connectivity index (χ3v) is 2.87. The van der Waals surface area contributed by atoms with E-state index in [9.17, 15) is 4.79 Å². The average molecular weight is 228 g/mol. The molecule has 1 unspecified atom stereocenters. The fraction of sp³-hybridized carbons (Fsp3) is 0.923. The number of piperazine rings is 1. The van der Waals surface area contributed by atoms with Gasteiger partial charge in [0.1, 0.15) is 5.78 Å². The number of hydrogen-bond donors (Lipinski definition) is 0. The van der Waals surface area contributed by atoms with Gasteiger partial charge in [-0.25, -0.2) is 0 Å². The van der Waals surface area contributed by atoms with Gasteiger partial charge in [0, 0.05) is 31.7 Å². The van der Waals surface area contributed by atoms with Crippen LogP contribution >= 0.6 is 0 Å². The van der Waals surface area contributed by atoms with Crippen LogP contribution in [0, 0.1) is 0 Å². The SMILES string of the molecule is CC.CC(=O)CN1CCN(C(C)C)C(C)C1. The van der Waals surface area contributed by atoms with Crippen LogP contribution < -0.4 is 0 Å². The molecule has 1 aliphatic heterocycles. The average Bonchev–Trinajstić information content (AvgIpc) is 2.19. The molecule has 1 rings (SSSR count). The molecule has 0 amide bonds. The molecule has 0 aromatic carbocycles. The van der Waals surface area contributed by atoms with E-state index in [1.165, 1.54) is 0 Å². The monoisotopic (exact) mass is 228 g/mol. The van der Waals surface area contributed by atoms with E-state index in [0.717, 1.165) is 19.6 Å². The molecule has 0 spiro atoms. The number of nitrogens with zero attached hydrogens (tertiary/aromatic N) is 2. The van der Waals surface area contributed by atoms with Gasteiger partial charge in [-0.1, -0.05) is 13.8 Å². The number of carbonyl (C=O) groups is 1. The van der Waals surface area contributed by atoms with Crippen molar-refractivity contribution in [3.63, 3.8) is 0 Å². The van der Waals surface area contributed by atoms with Gasteiger partial charge < -0.3 is 0 Å². The lowest BCUT2D eigenvalue weighted by Crippen LogP contribution is -2.54. The van der Waals surface area contributed by atoms with Crippen LogP contribution in [0.25, 0.3) is 0 Å². The summed E-state index contributed by atoms with van der Waals surface area (Å²) in [6.45, 7) is 16.1. The van der Waals surface area contributed by atoms with E-state index in [2.05, 4.69) is 30.6 Å². The first-order valence-electron chi connectivity index (χ1n) is 6.48. The summed E-state index contributed by atoms with van der Waals surface area (Å²) in [5.41, 5.74) is 0. The first-order valence-corrected chi connectivity index (χ1v) is 6.48. The Labute approximate surface area is 101 Å². The second-order valence-corrected chi connectivity index (χ2v) is 4.62. The van der Waals surface area contributed by atoms with Gasteiger partial charge in [0.2, 0.25) is 0 Å². The van der Waals surface area contributed by atoms with E-state index in [-0.39, 0.29) is 5.78 Å². The molecule has 0 saturated carbocycles. The van der Waals surface area contributed by atoms with Gasteiger partial charge >= 0.3 is 0 Å². The van der Waals surface area contributed by atoms with Gasteiger partial charge in [0.25, 0.3) is 0 Å². The number of hydrogen-bond acceptors (Lipinski definition) is 3. The van der Waals surface area contributed by atoms with Crippen LogP contribution in [0.15, 0.2) is 0 Å². The zero-order valence-electron chi connectivity index (χ0n) is 11.8. The highest BCUT2D eigenvalue weighted by atomic mass is 16.1. The number of ketones is 1. The quantitative estimate of drug-likeness (QED) is 0.738. The molecule has 3 nitrogen and oxygen atoms in total. The maximum Gasteiger partial charge on any atom is 0.143 e. The maximum absolute atomic E-state index is 11.0. The molecule has 0 aliphatic carbocycles. The van der Waals surface area contributed by atoms with Gasteiger partial charge in [-0.3, -0.25) is 14.6 Å². The summed E-state index contributed by atoms with van der Waals surface area (Å²) in [6.07, 6.45) is 0. The standard InChI is InChI=1S/C11H22N2O.C2H6/c1-9(2)13-6-5-12(7-10(13)3)8-11(4)14;1-2/h9-10H,5-8H2,1-4H3;1-2H3. The van der Waals surface area contributed by atoms with Crippen LogP contribution in [-0.4, -0.2) is 53.8 Å². The summed E-state index contributed by atoms with van der Waals surface area (Å²) in [6, 6.07) is 1.19. The number of rotatable bonds is 3. The zero-order chi connectivity index (χ0) is 12.7. The molecule has 0 aromatic heterocycles. The van der Waals surface area contributed by atoms with Crippen molar-refractivity contribution in [1.82, 2.24) is 9.80 Å². The van der Waals surface area contributed by atoms with E-state index in [4.69, 9.17) is 0 Å². The summed E-state index contributed by atoms with van der Waals surface area (Å²) in [7, 11) is 0. The molecule has 0 aromatic rings. The summed E-state index contributed by atoms with van der Waals surface area (Å²) in [5, 5.41) is 0. The Morgan fingerprint density at radius 1 is 1.31 bits per heavy atom. The molecular weight excluding hydrogens is 200 g/mol. The highest BCUT2D eigenvalue weighted by Crippen LogP contribution is 2.12. The van der Waals surface area contributed by atoms with Crippen molar-refractivity contribution in [2.75, 3.05) is 26.2 Å². The van der Waals surface area contributed by atoms with E-state index in [1.54, 1.807) is 6.92 Å². The summed E-state index contributed by atoms with van der Waals surface area (Å²) in [5.74, 6) is 0.273. The number of carbonyl (C=O) groups excluding carboxylic acids is 1. The highest BCUT2D eigenvalue weighted by Gasteiger charge is 2.25. The van der Waals surface area contributed by atoms with Gasteiger partial charge in [-0.15, -0.1) is 0 Å². The summed E-state index contributed by atoms with van der Waals surface area (Å²) < 4.78 is 0. The second kappa shape index (κ2) is 7.80. The maximum atomic E-state index is 11.0. The van der Waals surface area contributed by atoms with Gasteiger partial charge in [-0.05, 0) is 27.7 Å². The minimum atomic E-state index is 0.273. The van der Waals surface area contributed by atoms with E-state index in [0.29, 0.717) is 18.6 Å². The molecule has 1 fully saturated rings. The number of Topliss-reactive ketones (excluding diaryl/α,β-unsaturated/α-hetero) is 1. The molecule has 0 N–H and O–H groups in total. The van der Waals surface area contributed by atoms with Gasteiger partial charge in [0.05, 0.1) is 6.54 Å². The first-order chi connectivity index (χ1) is 7.50. The van der Waals surface area contributed by atoms with Crippen LogP contribution in [0.2, 0.25) is 0 Å². The minimum Gasteiger partial charge on any atom is -0.299 e. The molecule has 0 radical (unpaired) electrons. The Hall–Kier alpha value is -0.410. The topological polar surface area (TPSA) is 23.6 Å². The van der Waals surface area contributed by atoms with Crippen molar-refractivity contribution in [3.8, 4) is 0 Å². The molecular formula is C13H28N2O. The molecule has 96 valence electrons. The molecule has 1 heterocycles. The van der Waals surface area contributed by atoms with Crippen molar-refractivity contribution in [1.29, 1.82) is 0 Å². The predicted octanol–water partition coefficient (Wildman–Crippen LogP) is 2.02. The predicted molar refractivity (Wildman–Crippen MR) is 69.8 cm³/mol. The van der Waals surface area contributed by atoms with E-state index in [1.807, 2.05) is 13.8 Å². The Bertz CT molecular complexity index is 204. The lowest BCUT2D eigenvalue weighted by molar-refractivity contribution is -0.118. The summed E-state index contributed by atoms with van der Waals surface area (Å²) >= 11 is 0. The van der Waals surface area contributed by atoms with Crippen LogP contribution in [0.3, 0.4) is 0 Å². The fourth-order valence-electron chi connectivity index (χ4n) is 2.27. The van der Waals surface area contributed by atoms with Crippen molar-refractivity contribution < 1.29 is 4.79 Å². The van der Waals surface area contributed by atoms with Crippen LogP contribution in [0.4, 0.5) is 0 Å². The summed E-state index contributed by atoms with van der Waals surface area (Å²) in [4.78, 5) is 15.7. The molecule has 3 heteroatoms. The lowest BCUT2D eigenvalue weighted by Gasteiger charge is -2.41. The molecule has 1 aliphatic rings. The first kappa shape index (κ1) is 15.6. The minimum absolute atomic E-state index is 0.273. The van der Waals surface area contributed by atoms with Crippen LogP contribution in [-0.2, 0) is 4.79 Å². The molecule has 0 bridgehead atoms. The largest absolute Gasteiger partial charge is 0.299 e.